The molecule has 5 nitrogen and oxygen atoms in total. The molecule has 2 aliphatic rings. The summed E-state index contributed by atoms with van der Waals surface area (Å²) >= 11 is 0. The highest BCUT2D eigenvalue weighted by molar-refractivity contribution is 5.84. The summed E-state index contributed by atoms with van der Waals surface area (Å²) in [5.74, 6) is -1.80. The van der Waals surface area contributed by atoms with Crippen molar-refractivity contribution in [3.63, 3.8) is 0 Å². The van der Waals surface area contributed by atoms with Crippen molar-refractivity contribution in [2.75, 3.05) is 44.2 Å². The minimum Gasteiger partial charge on any atom is -0.366 e. The third-order valence-electron chi connectivity index (χ3n) is 4.54. The molecule has 2 aliphatic heterocycles. The number of hydrogen-bond acceptors (Lipinski definition) is 3. The first-order valence-corrected chi connectivity index (χ1v) is 7.70. The number of carbonyl (C=O) groups excluding carboxylic acids is 2. The Labute approximate surface area is 133 Å². The molecule has 0 bridgehead atoms. The molecule has 7 heteroatoms. The number of anilines is 1. The van der Waals surface area contributed by atoms with Crippen molar-refractivity contribution < 1.29 is 18.4 Å². The van der Waals surface area contributed by atoms with E-state index in [4.69, 9.17) is 0 Å². The van der Waals surface area contributed by atoms with E-state index in [0.717, 1.165) is 6.07 Å². The number of piperazine rings is 1. The Hall–Kier alpha value is -2.18. The van der Waals surface area contributed by atoms with Crippen molar-refractivity contribution in [1.82, 2.24) is 9.80 Å². The van der Waals surface area contributed by atoms with Crippen LogP contribution in [-0.2, 0) is 9.59 Å². The lowest BCUT2D eigenvalue weighted by atomic mass is 9.98. The van der Waals surface area contributed by atoms with Gasteiger partial charge in [-0.15, -0.1) is 0 Å². The number of hydrogen-bond donors (Lipinski definition) is 0. The van der Waals surface area contributed by atoms with Gasteiger partial charge in [0.2, 0.25) is 11.8 Å². The van der Waals surface area contributed by atoms with E-state index in [1.54, 1.807) is 20.8 Å². The Balaban J connectivity index is 1.56. The summed E-state index contributed by atoms with van der Waals surface area (Å²) in [7, 11) is 0. The third kappa shape index (κ3) is 3.00. The fraction of sp³-hybridized carbons (Fsp3) is 0.500. The van der Waals surface area contributed by atoms with E-state index in [9.17, 15) is 18.4 Å². The van der Waals surface area contributed by atoms with E-state index in [1.807, 2.05) is 0 Å². The van der Waals surface area contributed by atoms with E-state index in [1.165, 1.54) is 13.0 Å². The van der Waals surface area contributed by atoms with Gasteiger partial charge in [0.25, 0.3) is 0 Å². The van der Waals surface area contributed by atoms with Crippen LogP contribution in [0.2, 0.25) is 0 Å². The minimum atomic E-state index is -0.861. The SMILES string of the molecule is CC(=O)N1CC(C(=O)N2CCN(c3cccc(F)c3F)CC2)C1. The minimum absolute atomic E-state index is 0.0135. The molecule has 0 aliphatic carbocycles. The van der Waals surface area contributed by atoms with Crippen LogP contribution in [-0.4, -0.2) is 60.9 Å². The maximum Gasteiger partial charge on any atom is 0.229 e. The topological polar surface area (TPSA) is 43.9 Å². The largest absolute Gasteiger partial charge is 0.366 e. The molecule has 2 heterocycles. The molecule has 124 valence electrons. The monoisotopic (exact) mass is 323 g/mol. The Kier molecular flexibility index (Phi) is 4.19. The predicted octanol–water partition coefficient (Wildman–Crippen LogP) is 1.09. The van der Waals surface area contributed by atoms with Gasteiger partial charge in [0.05, 0.1) is 11.6 Å². The second-order valence-corrected chi connectivity index (χ2v) is 6.01. The average molecular weight is 323 g/mol. The maximum absolute atomic E-state index is 13.8. The molecular weight excluding hydrogens is 304 g/mol. The second kappa shape index (κ2) is 6.14. The van der Waals surface area contributed by atoms with Gasteiger partial charge in [0.1, 0.15) is 0 Å². The van der Waals surface area contributed by atoms with E-state index in [0.29, 0.717) is 39.3 Å². The van der Waals surface area contributed by atoms with Gasteiger partial charge in [0.15, 0.2) is 11.6 Å². The van der Waals surface area contributed by atoms with Crippen LogP contribution in [0.15, 0.2) is 18.2 Å². The molecular formula is C16H19F2N3O2. The number of benzene rings is 1. The van der Waals surface area contributed by atoms with Gasteiger partial charge in [-0.25, -0.2) is 8.78 Å². The number of likely N-dealkylation sites (tertiary alicyclic amines) is 1. The summed E-state index contributed by atoms with van der Waals surface area (Å²) in [4.78, 5) is 28.6. The summed E-state index contributed by atoms with van der Waals surface area (Å²) in [6, 6.07) is 4.12. The molecule has 3 rings (SSSR count). The number of amides is 2. The van der Waals surface area contributed by atoms with E-state index < -0.39 is 11.6 Å². The predicted molar refractivity (Wildman–Crippen MR) is 80.9 cm³/mol. The highest BCUT2D eigenvalue weighted by atomic mass is 19.2. The first-order valence-electron chi connectivity index (χ1n) is 7.70. The zero-order chi connectivity index (χ0) is 16.6. The van der Waals surface area contributed by atoms with Crippen molar-refractivity contribution in [1.29, 1.82) is 0 Å². The number of nitrogens with zero attached hydrogens (tertiary/aromatic N) is 3. The molecule has 0 unspecified atom stereocenters. The summed E-state index contributed by atoms with van der Waals surface area (Å²) in [5, 5.41) is 0. The van der Waals surface area contributed by atoms with E-state index >= 15 is 0 Å². The first kappa shape index (κ1) is 15.7. The lowest BCUT2D eigenvalue weighted by Gasteiger charge is -2.42. The highest BCUT2D eigenvalue weighted by Gasteiger charge is 2.37. The van der Waals surface area contributed by atoms with Gasteiger partial charge < -0.3 is 14.7 Å². The molecule has 2 saturated heterocycles. The normalized spacial score (nSPS) is 18.8. The molecule has 0 aromatic heterocycles. The molecule has 0 spiro atoms. The smallest absolute Gasteiger partial charge is 0.229 e. The van der Waals surface area contributed by atoms with Gasteiger partial charge in [-0.1, -0.05) is 6.07 Å². The molecule has 2 fully saturated rings. The Morgan fingerprint density at radius 1 is 1.04 bits per heavy atom. The van der Waals surface area contributed by atoms with E-state index in [-0.39, 0.29) is 23.4 Å². The van der Waals surface area contributed by atoms with Gasteiger partial charge in [0, 0.05) is 46.2 Å². The van der Waals surface area contributed by atoms with E-state index in [2.05, 4.69) is 0 Å². The van der Waals surface area contributed by atoms with Crippen molar-refractivity contribution in [2.24, 2.45) is 5.92 Å². The first-order chi connectivity index (χ1) is 11.0. The van der Waals surface area contributed by atoms with Crippen LogP contribution in [0, 0.1) is 17.6 Å². The maximum atomic E-state index is 13.8. The van der Waals surface area contributed by atoms with Gasteiger partial charge in [-0.3, -0.25) is 9.59 Å². The summed E-state index contributed by atoms with van der Waals surface area (Å²) in [6.07, 6.45) is 0. The summed E-state index contributed by atoms with van der Waals surface area (Å²) in [5.41, 5.74) is 0.239. The second-order valence-electron chi connectivity index (χ2n) is 6.01. The zero-order valence-electron chi connectivity index (χ0n) is 13.0. The van der Waals surface area contributed by atoms with Crippen molar-refractivity contribution in [2.45, 2.75) is 6.92 Å². The van der Waals surface area contributed by atoms with Crippen LogP contribution in [0.5, 0.6) is 0 Å². The van der Waals surface area contributed by atoms with Crippen LogP contribution >= 0.6 is 0 Å². The zero-order valence-corrected chi connectivity index (χ0v) is 13.0. The number of rotatable bonds is 2. The van der Waals surface area contributed by atoms with Crippen LogP contribution in [0.1, 0.15) is 6.92 Å². The number of carbonyl (C=O) groups is 2. The van der Waals surface area contributed by atoms with Gasteiger partial charge in [-0.05, 0) is 12.1 Å². The molecule has 0 atom stereocenters. The fourth-order valence-electron chi connectivity index (χ4n) is 3.05. The van der Waals surface area contributed by atoms with Crippen LogP contribution < -0.4 is 4.90 Å². The summed E-state index contributed by atoms with van der Waals surface area (Å²) < 4.78 is 27.1. The van der Waals surface area contributed by atoms with Crippen molar-refractivity contribution in [3.05, 3.63) is 29.8 Å². The van der Waals surface area contributed by atoms with Crippen molar-refractivity contribution in [3.8, 4) is 0 Å². The van der Waals surface area contributed by atoms with Crippen molar-refractivity contribution >= 4 is 17.5 Å². The molecule has 2 amide bonds. The fourth-order valence-corrected chi connectivity index (χ4v) is 3.05. The average Bonchev–Trinajstić information content (AvgIpc) is 2.48. The Morgan fingerprint density at radius 3 is 2.30 bits per heavy atom. The summed E-state index contributed by atoms with van der Waals surface area (Å²) in [6.45, 7) is 4.34. The molecule has 0 radical (unpaired) electrons. The molecule has 0 N–H and O–H groups in total. The van der Waals surface area contributed by atoms with Crippen LogP contribution in [0.4, 0.5) is 14.5 Å². The Bertz CT molecular complexity index is 624. The molecule has 23 heavy (non-hydrogen) atoms. The highest BCUT2D eigenvalue weighted by Crippen LogP contribution is 2.24. The standard InChI is InChI=1S/C16H19F2N3O2/c1-11(22)21-9-12(10-21)16(23)20-7-5-19(6-8-20)14-4-2-3-13(17)15(14)18/h2-4,12H,5-10H2,1H3. The van der Waals surface area contributed by atoms with Crippen LogP contribution in [0.25, 0.3) is 0 Å². The molecule has 1 aromatic rings. The lowest BCUT2D eigenvalue weighted by Crippen LogP contribution is -2.58. The quantitative estimate of drug-likeness (QED) is 0.818. The third-order valence-corrected chi connectivity index (χ3v) is 4.54. The van der Waals surface area contributed by atoms with Gasteiger partial charge in [-0.2, -0.15) is 0 Å². The Morgan fingerprint density at radius 2 is 1.70 bits per heavy atom. The molecule has 1 aromatic carbocycles. The number of halogens is 2. The molecule has 0 saturated carbocycles. The van der Waals surface area contributed by atoms with Crippen LogP contribution in [0.3, 0.4) is 0 Å². The lowest BCUT2D eigenvalue weighted by molar-refractivity contribution is -0.147. The van der Waals surface area contributed by atoms with Gasteiger partial charge >= 0.3 is 0 Å².